The molecule has 5 heteroatoms. The van der Waals surface area contributed by atoms with Crippen molar-refractivity contribution in [1.82, 2.24) is 10.2 Å². The van der Waals surface area contributed by atoms with Gasteiger partial charge in [-0.1, -0.05) is 88.1 Å². The molecule has 0 aromatic heterocycles. The third-order valence-electron chi connectivity index (χ3n) is 6.67. The van der Waals surface area contributed by atoms with Gasteiger partial charge in [-0.25, -0.2) is 0 Å². The Labute approximate surface area is 204 Å². The zero-order valence-corrected chi connectivity index (χ0v) is 21.2. The van der Waals surface area contributed by atoms with E-state index in [4.69, 9.17) is 4.74 Å². The number of hydrogen-bond acceptors (Lipinski definition) is 3. The quantitative estimate of drug-likeness (QED) is 0.487. The number of benzene rings is 2. The molecule has 1 N–H and O–H groups in total. The van der Waals surface area contributed by atoms with E-state index < -0.39 is 6.04 Å². The van der Waals surface area contributed by atoms with Crippen molar-refractivity contribution in [1.29, 1.82) is 0 Å². The van der Waals surface area contributed by atoms with Gasteiger partial charge >= 0.3 is 0 Å². The van der Waals surface area contributed by atoms with Gasteiger partial charge in [0.05, 0.1) is 0 Å². The Balaban J connectivity index is 1.78. The van der Waals surface area contributed by atoms with Gasteiger partial charge in [0.2, 0.25) is 5.91 Å². The van der Waals surface area contributed by atoms with Gasteiger partial charge in [0.25, 0.3) is 5.91 Å². The SMILES string of the molecule is CCC(C(=O)NC1CCCCC1)N(Cc1cccc(C)c1)C(=O)COc1ccccc1C(C)C. The largest absolute Gasteiger partial charge is 0.483 e. The van der Waals surface area contributed by atoms with Gasteiger partial charge in [-0.2, -0.15) is 0 Å². The van der Waals surface area contributed by atoms with E-state index in [-0.39, 0.29) is 24.5 Å². The molecule has 5 nitrogen and oxygen atoms in total. The van der Waals surface area contributed by atoms with Crippen molar-refractivity contribution < 1.29 is 14.3 Å². The number of ether oxygens (including phenoxy) is 1. The minimum Gasteiger partial charge on any atom is -0.483 e. The highest BCUT2D eigenvalue weighted by Gasteiger charge is 2.30. The molecule has 2 aromatic carbocycles. The highest BCUT2D eigenvalue weighted by molar-refractivity contribution is 5.88. The number of carbonyl (C=O) groups is 2. The van der Waals surface area contributed by atoms with Crippen LogP contribution in [-0.2, 0) is 16.1 Å². The van der Waals surface area contributed by atoms with Crippen LogP contribution >= 0.6 is 0 Å². The number of amides is 2. The molecule has 34 heavy (non-hydrogen) atoms. The fraction of sp³-hybridized carbons (Fsp3) is 0.517. The van der Waals surface area contributed by atoms with E-state index in [1.54, 1.807) is 4.90 Å². The van der Waals surface area contributed by atoms with Crippen molar-refractivity contribution >= 4 is 11.8 Å². The average Bonchev–Trinajstić information content (AvgIpc) is 2.83. The third-order valence-corrected chi connectivity index (χ3v) is 6.67. The van der Waals surface area contributed by atoms with E-state index in [2.05, 4.69) is 25.2 Å². The molecule has 1 atom stereocenters. The summed E-state index contributed by atoms with van der Waals surface area (Å²) in [7, 11) is 0. The third kappa shape index (κ3) is 7.09. The van der Waals surface area contributed by atoms with E-state index in [1.807, 2.05) is 56.3 Å². The molecule has 0 heterocycles. The number of nitrogens with zero attached hydrogens (tertiary/aromatic N) is 1. The Morgan fingerprint density at radius 3 is 2.47 bits per heavy atom. The molecule has 2 aromatic rings. The smallest absolute Gasteiger partial charge is 0.261 e. The minimum atomic E-state index is -0.529. The van der Waals surface area contributed by atoms with Gasteiger partial charge in [0, 0.05) is 12.6 Å². The first-order chi connectivity index (χ1) is 16.4. The number of carbonyl (C=O) groups excluding carboxylic acids is 2. The molecular weight excluding hydrogens is 424 g/mol. The first-order valence-electron chi connectivity index (χ1n) is 12.8. The predicted octanol–water partition coefficient (Wildman–Crippen LogP) is 5.75. The van der Waals surface area contributed by atoms with Crippen LogP contribution in [0.3, 0.4) is 0 Å². The van der Waals surface area contributed by atoms with Gasteiger partial charge in [-0.3, -0.25) is 9.59 Å². The van der Waals surface area contributed by atoms with E-state index >= 15 is 0 Å². The highest BCUT2D eigenvalue weighted by Crippen LogP contribution is 2.26. The monoisotopic (exact) mass is 464 g/mol. The van der Waals surface area contributed by atoms with Crippen LogP contribution in [0, 0.1) is 6.92 Å². The summed E-state index contributed by atoms with van der Waals surface area (Å²) in [6, 6.07) is 15.6. The second-order valence-electron chi connectivity index (χ2n) is 9.76. The molecule has 1 aliphatic rings. The van der Waals surface area contributed by atoms with Crippen LogP contribution in [0.15, 0.2) is 48.5 Å². The zero-order valence-electron chi connectivity index (χ0n) is 21.2. The van der Waals surface area contributed by atoms with E-state index in [9.17, 15) is 9.59 Å². The fourth-order valence-corrected chi connectivity index (χ4v) is 4.78. The lowest BCUT2D eigenvalue weighted by Crippen LogP contribution is -2.52. The first-order valence-corrected chi connectivity index (χ1v) is 12.8. The van der Waals surface area contributed by atoms with Gasteiger partial charge in [0.1, 0.15) is 11.8 Å². The Morgan fingerprint density at radius 1 is 1.06 bits per heavy atom. The Morgan fingerprint density at radius 2 is 1.79 bits per heavy atom. The van der Waals surface area contributed by atoms with Crippen LogP contribution < -0.4 is 10.1 Å². The number of hydrogen-bond donors (Lipinski definition) is 1. The van der Waals surface area contributed by atoms with Crippen LogP contribution in [0.4, 0.5) is 0 Å². The Hall–Kier alpha value is -2.82. The van der Waals surface area contributed by atoms with E-state index in [0.717, 1.165) is 48.1 Å². The normalized spacial score (nSPS) is 15.1. The van der Waals surface area contributed by atoms with Crippen LogP contribution in [0.1, 0.15) is 81.9 Å². The van der Waals surface area contributed by atoms with Gasteiger partial charge in [0.15, 0.2) is 6.61 Å². The lowest BCUT2D eigenvalue weighted by atomic mass is 9.95. The molecule has 0 radical (unpaired) electrons. The number of nitrogens with one attached hydrogen (secondary N) is 1. The maximum absolute atomic E-state index is 13.5. The van der Waals surface area contributed by atoms with Crippen LogP contribution in [-0.4, -0.2) is 35.4 Å². The van der Waals surface area contributed by atoms with Crippen LogP contribution in [0.2, 0.25) is 0 Å². The van der Waals surface area contributed by atoms with Crippen molar-refractivity contribution in [2.24, 2.45) is 0 Å². The van der Waals surface area contributed by atoms with Crippen molar-refractivity contribution in [3.05, 3.63) is 65.2 Å². The highest BCUT2D eigenvalue weighted by atomic mass is 16.5. The van der Waals surface area contributed by atoms with E-state index in [1.165, 1.54) is 6.42 Å². The van der Waals surface area contributed by atoms with Crippen molar-refractivity contribution in [2.45, 2.75) is 90.8 Å². The molecule has 1 unspecified atom stereocenters. The first kappa shape index (κ1) is 25.8. The van der Waals surface area contributed by atoms with Gasteiger partial charge < -0.3 is 15.0 Å². The lowest BCUT2D eigenvalue weighted by Gasteiger charge is -2.33. The molecule has 3 rings (SSSR count). The molecule has 0 bridgehead atoms. The van der Waals surface area contributed by atoms with Crippen LogP contribution in [0.5, 0.6) is 5.75 Å². The standard InChI is InChI=1S/C29H40N2O3/c1-5-26(29(33)30-24-14-7-6-8-15-24)31(19-23-13-11-12-22(4)18-23)28(32)20-34-27-17-10-9-16-25(27)21(2)3/h9-13,16-18,21,24,26H,5-8,14-15,19-20H2,1-4H3,(H,30,33). The van der Waals surface area contributed by atoms with Gasteiger partial charge in [-0.15, -0.1) is 0 Å². The number of aryl methyl sites for hydroxylation is 1. The molecule has 0 spiro atoms. The van der Waals surface area contributed by atoms with Crippen molar-refractivity contribution in [3.63, 3.8) is 0 Å². The van der Waals surface area contributed by atoms with Crippen molar-refractivity contribution in [3.8, 4) is 5.75 Å². The summed E-state index contributed by atoms with van der Waals surface area (Å²) in [5.41, 5.74) is 3.22. The maximum Gasteiger partial charge on any atom is 0.261 e. The fourth-order valence-electron chi connectivity index (χ4n) is 4.78. The Bertz CT molecular complexity index is 950. The maximum atomic E-state index is 13.5. The molecule has 2 amide bonds. The average molecular weight is 465 g/mol. The predicted molar refractivity (Wildman–Crippen MR) is 137 cm³/mol. The van der Waals surface area contributed by atoms with Gasteiger partial charge in [-0.05, 0) is 49.3 Å². The molecular formula is C29H40N2O3. The summed E-state index contributed by atoms with van der Waals surface area (Å²) in [5, 5.41) is 3.23. The zero-order chi connectivity index (χ0) is 24.5. The number of para-hydroxylation sites is 1. The molecule has 0 saturated heterocycles. The minimum absolute atomic E-state index is 0.0574. The second-order valence-corrected chi connectivity index (χ2v) is 9.76. The van der Waals surface area contributed by atoms with Crippen molar-refractivity contribution in [2.75, 3.05) is 6.61 Å². The van der Waals surface area contributed by atoms with E-state index in [0.29, 0.717) is 18.9 Å². The van der Waals surface area contributed by atoms with Crippen LogP contribution in [0.25, 0.3) is 0 Å². The Kier molecular flexibility index (Phi) is 9.55. The topological polar surface area (TPSA) is 58.6 Å². The molecule has 0 aliphatic heterocycles. The molecule has 1 fully saturated rings. The summed E-state index contributed by atoms with van der Waals surface area (Å²) in [6.07, 6.45) is 6.12. The molecule has 1 saturated carbocycles. The second kappa shape index (κ2) is 12.6. The number of rotatable bonds is 10. The summed E-state index contributed by atoms with van der Waals surface area (Å²) in [6.45, 7) is 8.51. The summed E-state index contributed by atoms with van der Waals surface area (Å²) >= 11 is 0. The molecule has 184 valence electrons. The summed E-state index contributed by atoms with van der Waals surface area (Å²) < 4.78 is 6.00. The lowest BCUT2D eigenvalue weighted by molar-refractivity contribution is -0.143. The molecule has 1 aliphatic carbocycles. The summed E-state index contributed by atoms with van der Waals surface area (Å²) in [4.78, 5) is 28.5. The summed E-state index contributed by atoms with van der Waals surface area (Å²) in [5.74, 6) is 0.782.